The highest BCUT2D eigenvalue weighted by Crippen LogP contribution is 2.35. The molecule has 3 rings (SSSR count). The first-order chi connectivity index (χ1) is 21.6. The van der Waals surface area contributed by atoms with Crippen LogP contribution in [-0.4, -0.2) is 71.2 Å². The first kappa shape index (κ1) is 35.4. The number of thiophene rings is 1. The largest absolute Gasteiger partial charge is 0.493 e. The number of unbranched alkanes of at least 4 members (excludes halogenated alkanes) is 1. The summed E-state index contributed by atoms with van der Waals surface area (Å²) in [5.41, 5.74) is 0.893. The normalized spacial score (nSPS) is 11.4. The van der Waals surface area contributed by atoms with E-state index in [4.69, 9.17) is 18.9 Å². The third-order valence-electron chi connectivity index (χ3n) is 6.56. The van der Waals surface area contributed by atoms with Crippen molar-refractivity contribution in [3.05, 3.63) is 45.6 Å². The molecule has 2 aromatic heterocycles. The molecule has 1 atom stereocenters. The minimum Gasteiger partial charge on any atom is -0.493 e. The Labute approximate surface area is 270 Å². The van der Waals surface area contributed by atoms with Crippen LogP contribution in [0.15, 0.2) is 23.4 Å². The number of esters is 2. The lowest BCUT2D eigenvalue weighted by Gasteiger charge is -2.14. The Hall–Kier alpha value is -4.11. The van der Waals surface area contributed by atoms with Gasteiger partial charge in [-0.15, -0.1) is 21.5 Å². The van der Waals surface area contributed by atoms with Crippen LogP contribution in [0.5, 0.6) is 11.5 Å². The van der Waals surface area contributed by atoms with Gasteiger partial charge in [0.15, 0.2) is 22.5 Å². The number of carbonyl (C=O) groups excluding carboxylic acids is 4. The van der Waals surface area contributed by atoms with E-state index in [0.717, 1.165) is 24.2 Å². The standard InChI is InChI=1S/C30H39N5O8S2/c1-8-11-14-35-22(16-31-26(37)19-12-13-20(40-6)21(15-19)41-7)33-34-30(35)44-18(5)25(36)32-27-23(28(38)42-9-2)17(4)24(45-27)29(39)43-10-3/h12-13,15,18H,8-11,14,16H2,1-7H3,(H,31,37)(H,32,36)/t18-/m1/s1. The average molecular weight is 662 g/mol. The van der Waals surface area contributed by atoms with Gasteiger partial charge >= 0.3 is 11.9 Å². The number of hydrogen-bond donors (Lipinski definition) is 2. The maximum absolute atomic E-state index is 13.3. The summed E-state index contributed by atoms with van der Waals surface area (Å²) in [5.74, 6) is -0.473. The number of ether oxygens (including phenoxy) is 4. The molecule has 45 heavy (non-hydrogen) atoms. The van der Waals surface area contributed by atoms with Crippen molar-refractivity contribution in [3.63, 3.8) is 0 Å². The Morgan fingerprint density at radius 3 is 2.33 bits per heavy atom. The average Bonchev–Trinajstić information content (AvgIpc) is 3.57. The van der Waals surface area contributed by atoms with E-state index in [0.29, 0.717) is 40.2 Å². The van der Waals surface area contributed by atoms with Crippen molar-refractivity contribution in [1.29, 1.82) is 0 Å². The molecule has 0 aliphatic carbocycles. The summed E-state index contributed by atoms with van der Waals surface area (Å²) in [4.78, 5) is 51.7. The van der Waals surface area contributed by atoms with Gasteiger partial charge in [-0.1, -0.05) is 25.1 Å². The van der Waals surface area contributed by atoms with E-state index in [9.17, 15) is 19.2 Å². The first-order valence-corrected chi connectivity index (χ1v) is 16.2. The van der Waals surface area contributed by atoms with Crippen molar-refractivity contribution in [2.24, 2.45) is 0 Å². The van der Waals surface area contributed by atoms with Gasteiger partial charge in [-0.05, 0) is 57.9 Å². The summed E-state index contributed by atoms with van der Waals surface area (Å²) in [6, 6.07) is 4.89. The molecule has 13 nitrogen and oxygen atoms in total. The van der Waals surface area contributed by atoms with E-state index in [1.807, 2.05) is 4.57 Å². The molecule has 0 unspecified atom stereocenters. The first-order valence-electron chi connectivity index (χ1n) is 14.5. The number of thioether (sulfide) groups is 1. The molecule has 0 saturated heterocycles. The second-order valence-electron chi connectivity index (χ2n) is 9.61. The van der Waals surface area contributed by atoms with Crippen LogP contribution in [0.3, 0.4) is 0 Å². The third kappa shape index (κ3) is 8.75. The van der Waals surface area contributed by atoms with E-state index in [-0.39, 0.29) is 41.1 Å². The van der Waals surface area contributed by atoms with Gasteiger partial charge in [-0.2, -0.15) is 0 Å². The van der Waals surface area contributed by atoms with Crippen LogP contribution in [-0.2, 0) is 27.4 Å². The highest BCUT2D eigenvalue weighted by molar-refractivity contribution is 8.00. The summed E-state index contributed by atoms with van der Waals surface area (Å²) >= 11 is 2.16. The third-order valence-corrected chi connectivity index (χ3v) is 8.82. The fourth-order valence-corrected chi connectivity index (χ4v) is 6.17. The number of benzene rings is 1. The Bertz CT molecular complexity index is 1520. The number of rotatable bonds is 16. The molecule has 2 heterocycles. The molecule has 3 aromatic rings. The maximum Gasteiger partial charge on any atom is 0.348 e. The summed E-state index contributed by atoms with van der Waals surface area (Å²) in [7, 11) is 3.02. The second-order valence-corrected chi connectivity index (χ2v) is 11.9. The molecule has 2 amide bonds. The quantitative estimate of drug-likeness (QED) is 0.159. The minimum absolute atomic E-state index is 0.110. The minimum atomic E-state index is -0.660. The smallest absolute Gasteiger partial charge is 0.348 e. The number of nitrogens with one attached hydrogen (secondary N) is 2. The van der Waals surface area contributed by atoms with E-state index < -0.39 is 23.1 Å². The van der Waals surface area contributed by atoms with Crippen molar-refractivity contribution in [2.45, 2.75) is 71.0 Å². The molecular weight excluding hydrogens is 622 g/mol. The van der Waals surface area contributed by atoms with Gasteiger partial charge in [0, 0.05) is 12.1 Å². The molecule has 0 fully saturated rings. The fraction of sp³-hybridized carbons (Fsp3) is 0.467. The van der Waals surface area contributed by atoms with Crippen LogP contribution in [0.25, 0.3) is 0 Å². The molecule has 0 spiro atoms. The lowest BCUT2D eigenvalue weighted by Crippen LogP contribution is -2.25. The zero-order chi connectivity index (χ0) is 33.1. The number of anilines is 1. The monoisotopic (exact) mass is 661 g/mol. The Morgan fingerprint density at radius 1 is 1.00 bits per heavy atom. The molecule has 0 aliphatic rings. The van der Waals surface area contributed by atoms with Gasteiger partial charge < -0.3 is 34.1 Å². The summed E-state index contributed by atoms with van der Waals surface area (Å²) in [6.07, 6.45) is 1.74. The zero-order valence-electron chi connectivity index (χ0n) is 26.5. The predicted molar refractivity (Wildman–Crippen MR) is 171 cm³/mol. The van der Waals surface area contributed by atoms with Gasteiger partial charge in [0.05, 0.1) is 44.8 Å². The molecule has 0 aliphatic heterocycles. The Kier molecular flexibility index (Phi) is 13.2. The van der Waals surface area contributed by atoms with Gasteiger partial charge in [-0.3, -0.25) is 9.59 Å². The highest BCUT2D eigenvalue weighted by atomic mass is 32.2. The van der Waals surface area contributed by atoms with Crippen molar-refractivity contribution in [2.75, 3.05) is 32.8 Å². The summed E-state index contributed by atoms with van der Waals surface area (Å²) in [6.45, 7) is 9.73. The molecule has 15 heteroatoms. The number of methoxy groups -OCH3 is 2. The number of nitrogens with zero attached hydrogens (tertiary/aromatic N) is 3. The SMILES string of the molecule is CCCCn1c(CNC(=O)c2ccc(OC)c(OC)c2)nnc1S[C@H](C)C(=O)Nc1sc(C(=O)OCC)c(C)c1C(=O)OCC. The predicted octanol–water partition coefficient (Wildman–Crippen LogP) is 4.87. The number of carbonyl (C=O) groups is 4. The Morgan fingerprint density at radius 2 is 1.69 bits per heavy atom. The van der Waals surface area contributed by atoms with Gasteiger partial charge in [-0.25, -0.2) is 9.59 Å². The molecule has 0 saturated carbocycles. The lowest BCUT2D eigenvalue weighted by atomic mass is 10.1. The van der Waals surface area contributed by atoms with Crippen LogP contribution in [0.4, 0.5) is 5.00 Å². The fourth-order valence-electron chi connectivity index (χ4n) is 4.18. The molecule has 0 bridgehead atoms. The number of hydrogen-bond acceptors (Lipinski definition) is 12. The molecule has 1 aromatic carbocycles. The lowest BCUT2D eigenvalue weighted by molar-refractivity contribution is -0.115. The van der Waals surface area contributed by atoms with Gasteiger partial charge in [0.25, 0.3) is 5.91 Å². The van der Waals surface area contributed by atoms with Crippen molar-refractivity contribution >= 4 is 51.9 Å². The molecule has 244 valence electrons. The maximum atomic E-state index is 13.3. The highest BCUT2D eigenvalue weighted by Gasteiger charge is 2.29. The molecule has 0 radical (unpaired) electrons. The van der Waals surface area contributed by atoms with E-state index in [1.54, 1.807) is 45.9 Å². The van der Waals surface area contributed by atoms with Crippen LogP contribution in [0.1, 0.15) is 82.3 Å². The number of aromatic nitrogens is 3. The van der Waals surface area contributed by atoms with Crippen LogP contribution < -0.4 is 20.1 Å². The van der Waals surface area contributed by atoms with Crippen LogP contribution in [0.2, 0.25) is 0 Å². The van der Waals surface area contributed by atoms with Crippen LogP contribution in [0, 0.1) is 6.92 Å². The van der Waals surface area contributed by atoms with Crippen molar-refractivity contribution in [1.82, 2.24) is 20.1 Å². The van der Waals surface area contributed by atoms with E-state index in [2.05, 4.69) is 27.8 Å². The summed E-state index contributed by atoms with van der Waals surface area (Å²) in [5, 5.41) is 14.3. The van der Waals surface area contributed by atoms with E-state index >= 15 is 0 Å². The Balaban J connectivity index is 1.77. The topological polar surface area (TPSA) is 160 Å². The number of amides is 2. The van der Waals surface area contributed by atoms with Crippen molar-refractivity contribution < 1.29 is 38.1 Å². The summed E-state index contributed by atoms with van der Waals surface area (Å²) < 4.78 is 22.7. The van der Waals surface area contributed by atoms with Crippen LogP contribution >= 0.6 is 23.1 Å². The second kappa shape index (κ2) is 16.8. The van der Waals surface area contributed by atoms with E-state index in [1.165, 1.54) is 26.0 Å². The van der Waals surface area contributed by atoms with Crippen molar-refractivity contribution in [3.8, 4) is 11.5 Å². The molecular formula is C30H39N5O8S2. The molecule has 2 N–H and O–H groups in total. The van der Waals surface area contributed by atoms with Gasteiger partial charge in [0.1, 0.15) is 9.88 Å². The van der Waals surface area contributed by atoms with Gasteiger partial charge in [0.2, 0.25) is 5.91 Å². The zero-order valence-corrected chi connectivity index (χ0v) is 28.1.